The fourth-order valence-electron chi connectivity index (χ4n) is 2.11. The maximum Gasteiger partial charge on any atom is 0.281 e. The zero-order valence-corrected chi connectivity index (χ0v) is 13.8. The quantitative estimate of drug-likeness (QED) is 0.750. The Morgan fingerprint density at radius 2 is 1.64 bits per heavy atom. The number of hydrogen-bond donors (Lipinski definition) is 0. The smallest absolute Gasteiger partial charge is 0.199 e. The summed E-state index contributed by atoms with van der Waals surface area (Å²) in [6.07, 6.45) is 2.87. The molecule has 0 radical (unpaired) electrons. The zero-order valence-electron chi connectivity index (χ0n) is 12.9. The fourth-order valence-corrected chi connectivity index (χ4v) is 3.02. The van der Waals surface area contributed by atoms with Crippen molar-refractivity contribution in [3.63, 3.8) is 0 Å². The monoisotopic (exact) mass is 315 g/mol. The van der Waals surface area contributed by atoms with Gasteiger partial charge in [-0.15, -0.1) is 0 Å². The molecule has 0 fully saturated rings. The lowest BCUT2D eigenvalue weighted by Gasteiger charge is -2.05. The summed E-state index contributed by atoms with van der Waals surface area (Å²) in [5.74, 6) is 0.381. The first-order valence-electron chi connectivity index (χ1n) is 7.42. The van der Waals surface area contributed by atoms with Crippen molar-refractivity contribution in [1.82, 2.24) is 0 Å². The summed E-state index contributed by atoms with van der Waals surface area (Å²) in [4.78, 5) is 0.243. The Balaban J connectivity index is 1.99. The lowest BCUT2D eigenvalue weighted by molar-refractivity contribution is 0.598. The van der Waals surface area contributed by atoms with Crippen molar-refractivity contribution in [2.75, 3.05) is 0 Å². The van der Waals surface area contributed by atoms with E-state index in [0.29, 0.717) is 12.3 Å². The Morgan fingerprint density at radius 1 is 1.00 bits per heavy atom. The summed E-state index contributed by atoms with van der Waals surface area (Å²) in [5, 5.41) is 0. The zero-order chi connectivity index (χ0) is 16.0. The summed E-state index contributed by atoms with van der Waals surface area (Å²) in [6.45, 7) is 4.15. The van der Waals surface area contributed by atoms with Gasteiger partial charge in [-0.25, -0.2) is 0 Å². The van der Waals surface area contributed by atoms with Gasteiger partial charge in [0.15, 0.2) is 0 Å². The van der Waals surface area contributed by atoms with Crippen LogP contribution < -0.4 is 0 Å². The highest BCUT2D eigenvalue weighted by molar-refractivity contribution is 7.90. The minimum Gasteiger partial charge on any atom is -0.199 e. The molecule has 22 heavy (non-hydrogen) atoms. The molecule has 0 unspecified atom stereocenters. The molecule has 0 aliphatic carbocycles. The number of benzene rings is 2. The van der Waals surface area contributed by atoms with Crippen molar-refractivity contribution >= 4 is 16.2 Å². The summed E-state index contributed by atoms with van der Waals surface area (Å²) in [7, 11) is -3.59. The third-order valence-corrected chi connectivity index (χ3v) is 4.76. The second-order valence-corrected chi connectivity index (χ2v) is 7.14. The molecular formula is C18H21NO2S. The molecule has 0 saturated carbocycles. The van der Waals surface area contributed by atoms with Crippen molar-refractivity contribution in [1.29, 1.82) is 0 Å². The average molecular weight is 315 g/mol. The van der Waals surface area contributed by atoms with Gasteiger partial charge in [-0.05, 0) is 42.0 Å². The van der Waals surface area contributed by atoms with Crippen molar-refractivity contribution < 1.29 is 8.42 Å². The van der Waals surface area contributed by atoms with E-state index in [-0.39, 0.29) is 4.90 Å². The lowest BCUT2D eigenvalue weighted by Crippen LogP contribution is -1.98. The Hall–Kier alpha value is -1.94. The van der Waals surface area contributed by atoms with Crippen LogP contribution in [0.15, 0.2) is 63.9 Å². The van der Waals surface area contributed by atoms with E-state index in [4.69, 9.17) is 0 Å². The molecule has 0 aromatic heterocycles. The van der Waals surface area contributed by atoms with Crippen molar-refractivity contribution in [3.05, 3.63) is 65.7 Å². The molecule has 0 spiro atoms. The summed E-state index contributed by atoms with van der Waals surface area (Å²) in [5.41, 5.74) is 2.29. The van der Waals surface area contributed by atoms with Crippen LogP contribution in [0.1, 0.15) is 37.3 Å². The van der Waals surface area contributed by atoms with Crippen LogP contribution in [-0.4, -0.2) is 14.6 Å². The van der Waals surface area contributed by atoms with E-state index in [2.05, 4.69) is 18.2 Å². The van der Waals surface area contributed by atoms with E-state index >= 15 is 0 Å². The topological polar surface area (TPSA) is 46.5 Å². The summed E-state index contributed by atoms with van der Waals surface area (Å²) in [6, 6.07) is 16.9. The van der Waals surface area contributed by atoms with E-state index < -0.39 is 10.0 Å². The van der Waals surface area contributed by atoms with E-state index in [9.17, 15) is 8.42 Å². The predicted molar refractivity (Wildman–Crippen MR) is 91.0 cm³/mol. The third-order valence-electron chi connectivity index (χ3n) is 3.46. The molecule has 0 aliphatic rings. The first kappa shape index (κ1) is 16.4. The largest absolute Gasteiger partial charge is 0.281 e. The number of rotatable bonds is 6. The van der Waals surface area contributed by atoms with Crippen LogP contribution in [-0.2, 0) is 16.4 Å². The van der Waals surface area contributed by atoms with Crippen molar-refractivity contribution in [2.24, 2.45) is 4.40 Å². The molecule has 0 bridgehead atoms. The van der Waals surface area contributed by atoms with Crippen LogP contribution in [0, 0.1) is 0 Å². The predicted octanol–water partition coefficient (Wildman–Crippen LogP) is 4.20. The van der Waals surface area contributed by atoms with Crippen molar-refractivity contribution in [3.8, 4) is 0 Å². The Labute approximate surface area is 132 Å². The van der Waals surface area contributed by atoms with E-state index in [1.807, 2.05) is 42.5 Å². The molecule has 2 aromatic rings. The third kappa shape index (κ3) is 4.53. The fraction of sp³-hybridized carbons (Fsp3) is 0.278. The van der Waals surface area contributed by atoms with Crippen LogP contribution in [0.4, 0.5) is 0 Å². The van der Waals surface area contributed by atoms with Crippen LogP contribution in [0.25, 0.3) is 0 Å². The Morgan fingerprint density at radius 3 is 2.23 bits per heavy atom. The van der Waals surface area contributed by atoms with Gasteiger partial charge in [0.05, 0.1) is 4.90 Å². The second-order valence-electron chi connectivity index (χ2n) is 5.51. The summed E-state index contributed by atoms with van der Waals surface area (Å²) < 4.78 is 28.0. The van der Waals surface area contributed by atoms with Gasteiger partial charge < -0.3 is 0 Å². The molecule has 0 atom stereocenters. The molecule has 3 nitrogen and oxygen atoms in total. The van der Waals surface area contributed by atoms with Gasteiger partial charge in [0.2, 0.25) is 0 Å². The SMILES string of the molecule is CC(C)c1ccc(S(=O)(=O)/N=C/CCc2ccccc2)cc1. The minimum absolute atomic E-state index is 0.243. The van der Waals surface area contributed by atoms with Crippen LogP contribution in [0.5, 0.6) is 0 Å². The van der Waals surface area contributed by atoms with Gasteiger partial charge in [-0.1, -0.05) is 56.3 Å². The number of aryl methyl sites for hydroxylation is 1. The minimum atomic E-state index is -3.59. The maximum absolute atomic E-state index is 12.1. The highest BCUT2D eigenvalue weighted by Gasteiger charge is 2.11. The number of hydrogen-bond acceptors (Lipinski definition) is 2. The van der Waals surface area contributed by atoms with E-state index in [0.717, 1.165) is 12.0 Å². The molecule has 2 aromatic carbocycles. The van der Waals surface area contributed by atoms with E-state index in [1.165, 1.54) is 11.8 Å². The molecular weight excluding hydrogens is 294 g/mol. The van der Waals surface area contributed by atoms with Gasteiger partial charge in [0.25, 0.3) is 10.0 Å². The molecule has 4 heteroatoms. The Kier molecular flexibility index (Phi) is 5.50. The molecule has 0 N–H and O–H groups in total. The molecule has 116 valence electrons. The van der Waals surface area contributed by atoms with Gasteiger partial charge >= 0.3 is 0 Å². The second kappa shape index (κ2) is 7.36. The average Bonchev–Trinajstić information content (AvgIpc) is 2.53. The summed E-state index contributed by atoms with van der Waals surface area (Å²) >= 11 is 0. The molecule has 0 amide bonds. The van der Waals surface area contributed by atoms with Crippen LogP contribution >= 0.6 is 0 Å². The van der Waals surface area contributed by atoms with E-state index in [1.54, 1.807) is 12.1 Å². The number of nitrogens with zero attached hydrogens (tertiary/aromatic N) is 1. The van der Waals surface area contributed by atoms with Gasteiger partial charge in [-0.3, -0.25) is 0 Å². The van der Waals surface area contributed by atoms with Gasteiger partial charge in [-0.2, -0.15) is 12.8 Å². The first-order chi connectivity index (χ1) is 10.5. The molecule has 0 saturated heterocycles. The lowest BCUT2D eigenvalue weighted by atomic mass is 10.0. The number of sulfonamides is 1. The van der Waals surface area contributed by atoms with Crippen molar-refractivity contribution in [2.45, 2.75) is 37.5 Å². The molecule has 2 rings (SSSR count). The first-order valence-corrected chi connectivity index (χ1v) is 8.86. The normalized spacial score (nSPS) is 12.1. The Bertz CT molecular complexity index is 717. The van der Waals surface area contributed by atoms with Crippen LogP contribution in [0.3, 0.4) is 0 Å². The maximum atomic E-state index is 12.1. The highest BCUT2D eigenvalue weighted by atomic mass is 32.2. The molecule has 0 aliphatic heterocycles. The van der Waals surface area contributed by atoms with Gasteiger partial charge in [0, 0.05) is 6.21 Å². The molecule has 0 heterocycles. The van der Waals surface area contributed by atoms with Crippen LogP contribution in [0.2, 0.25) is 0 Å². The highest BCUT2D eigenvalue weighted by Crippen LogP contribution is 2.18. The standard InChI is InChI=1S/C18H21NO2S/c1-15(2)17-10-12-18(13-11-17)22(20,21)19-14-6-9-16-7-4-3-5-8-16/h3-5,7-8,10-15H,6,9H2,1-2H3/b19-14+. The van der Waals surface area contributed by atoms with Gasteiger partial charge in [0.1, 0.15) is 0 Å².